The van der Waals surface area contributed by atoms with Crippen molar-refractivity contribution in [3.8, 4) is 0 Å². The zero-order chi connectivity index (χ0) is 31.8. The molecule has 2 N–H and O–H groups in total. The maximum absolute atomic E-state index is 13.4. The summed E-state index contributed by atoms with van der Waals surface area (Å²) in [6.07, 6.45) is -0.0891. The average Bonchev–Trinajstić information content (AvgIpc) is 3.32. The Balaban J connectivity index is 1.52. The number of likely N-dealkylation sites (N-methyl/N-ethyl adjacent to an activating group) is 2. The van der Waals surface area contributed by atoms with E-state index in [0.29, 0.717) is 31.1 Å². The summed E-state index contributed by atoms with van der Waals surface area (Å²) in [5, 5.41) is 8.61. The zero-order valence-electron chi connectivity index (χ0n) is 26.7. The lowest BCUT2D eigenvalue weighted by Crippen LogP contribution is -2.31. The molecule has 1 aromatic heterocycles. The molecule has 0 aliphatic carbocycles. The average molecular weight is 621 g/mol. The van der Waals surface area contributed by atoms with Gasteiger partial charge in [0.2, 0.25) is 0 Å². The summed E-state index contributed by atoms with van der Waals surface area (Å²) in [6.45, 7) is 8.09. The molecule has 2 heterocycles. The van der Waals surface area contributed by atoms with E-state index in [9.17, 15) is 13.9 Å². The monoisotopic (exact) mass is 620 g/mol. The van der Waals surface area contributed by atoms with Crippen molar-refractivity contribution in [3.63, 3.8) is 0 Å². The number of fused-ring (bicyclic) bond motifs is 2. The number of benzene rings is 3. The first kappa shape index (κ1) is 31.9. The highest BCUT2D eigenvalue weighted by molar-refractivity contribution is 8.22. The standard InChI is InChI=1S/C33H44N6O4S/c1-22-12-13-25(18-26(22)21-39-17-16-37(6)29-10-8-9-11-31(29)44(39,41)42)28(19-32(40)43-23(2)20-36(4)5)27-14-15-30-33(24(27)3)34-35-38(30)7/h8-15,18,23,28,41-42H,16-17,19-21H2,1-7H3. The normalized spacial score (nSPS) is 17.3. The van der Waals surface area contributed by atoms with Crippen LogP contribution in [0.1, 0.15) is 47.1 Å². The molecule has 44 heavy (non-hydrogen) atoms. The van der Waals surface area contributed by atoms with Gasteiger partial charge >= 0.3 is 5.97 Å². The summed E-state index contributed by atoms with van der Waals surface area (Å²) in [7, 11) is 4.52. The van der Waals surface area contributed by atoms with Gasteiger partial charge in [0.15, 0.2) is 0 Å². The molecule has 5 rings (SSSR count). The van der Waals surface area contributed by atoms with E-state index in [-0.39, 0.29) is 24.4 Å². The van der Waals surface area contributed by atoms with Crippen LogP contribution in [0, 0.1) is 13.8 Å². The fourth-order valence-electron chi connectivity index (χ4n) is 6.11. The first-order valence-corrected chi connectivity index (χ1v) is 16.4. The van der Waals surface area contributed by atoms with Crippen molar-refractivity contribution in [1.29, 1.82) is 0 Å². The number of aromatic nitrogens is 3. The Morgan fingerprint density at radius 3 is 2.57 bits per heavy atom. The highest BCUT2D eigenvalue weighted by atomic mass is 32.3. The van der Waals surface area contributed by atoms with Crippen molar-refractivity contribution in [2.24, 2.45) is 7.05 Å². The van der Waals surface area contributed by atoms with Crippen LogP contribution in [0.2, 0.25) is 0 Å². The van der Waals surface area contributed by atoms with Gasteiger partial charge in [0, 0.05) is 46.2 Å². The quantitative estimate of drug-likeness (QED) is 0.232. The molecule has 11 heteroatoms. The van der Waals surface area contributed by atoms with Crippen LogP contribution in [0.25, 0.3) is 11.0 Å². The number of carbonyl (C=O) groups is 1. The Hall–Kier alpha value is -3.48. The SMILES string of the molecule is Cc1ccc(C(CC(=O)OC(C)CN(C)C)c2ccc3c(nnn3C)c2C)cc1CN1CCN(C)c2ccccc2S1(O)O. The van der Waals surface area contributed by atoms with Gasteiger partial charge in [-0.25, -0.2) is 4.68 Å². The van der Waals surface area contributed by atoms with Crippen molar-refractivity contribution in [2.75, 3.05) is 45.7 Å². The highest BCUT2D eigenvalue weighted by Crippen LogP contribution is 2.56. The Bertz CT molecular complexity index is 1650. The minimum Gasteiger partial charge on any atom is -0.461 e. The number of aryl methyl sites for hydroxylation is 3. The van der Waals surface area contributed by atoms with Crippen molar-refractivity contribution >= 4 is 33.5 Å². The van der Waals surface area contributed by atoms with Crippen molar-refractivity contribution in [1.82, 2.24) is 24.2 Å². The van der Waals surface area contributed by atoms with Gasteiger partial charge in [0.1, 0.15) is 11.6 Å². The minimum atomic E-state index is -3.23. The smallest absolute Gasteiger partial charge is 0.307 e. The lowest BCUT2D eigenvalue weighted by Gasteiger charge is -2.42. The second-order valence-corrected chi connectivity index (χ2v) is 14.1. The van der Waals surface area contributed by atoms with E-state index < -0.39 is 10.8 Å². The fourth-order valence-corrected chi connectivity index (χ4v) is 7.81. The van der Waals surface area contributed by atoms with E-state index in [1.165, 1.54) is 0 Å². The summed E-state index contributed by atoms with van der Waals surface area (Å²) in [4.78, 5) is 18.0. The van der Waals surface area contributed by atoms with Crippen molar-refractivity contribution in [3.05, 3.63) is 82.4 Å². The first-order valence-electron chi connectivity index (χ1n) is 14.9. The van der Waals surface area contributed by atoms with Gasteiger partial charge < -0.3 is 14.5 Å². The molecule has 1 aliphatic rings. The Labute approximate surface area is 261 Å². The summed E-state index contributed by atoms with van der Waals surface area (Å²) in [6, 6.07) is 17.8. The Kier molecular flexibility index (Phi) is 9.33. The van der Waals surface area contributed by atoms with Crippen LogP contribution in [-0.2, 0) is 23.1 Å². The molecule has 0 radical (unpaired) electrons. The second-order valence-electron chi connectivity index (χ2n) is 12.1. The lowest BCUT2D eigenvalue weighted by molar-refractivity contribution is -0.149. The van der Waals surface area contributed by atoms with Crippen LogP contribution in [0.5, 0.6) is 0 Å². The predicted octanol–water partition coefficient (Wildman–Crippen LogP) is 5.58. The first-order chi connectivity index (χ1) is 20.9. The van der Waals surface area contributed by atoms with Gasteiger partial charge in [0.25, 0.3) is 0 Å². The summed E-state index contributed by atoms with van der Waals surface area (Å²) in [5.74, 6) is -0.567. The number of hydrogen-bond acceptors (Lipinski definition) is 9. The molecule has 4 aromatic rings. The third-order valence-corrected chi connectivity index (χ3v) is 10.5. The van der Waals surface area contributed by atoms with Gasteiger partial charge in [-0.2, -0.15) is 4.31 Å². The third-order valence-electron chi connectivity index (χ3n) is 8.52. The van der Waals surface area contributed by atoms with E-state index in [0.717, 1.165) is 44.5 Å². The fraction of sp³-hybridized carbons (Fsp3) is 0.424. The molecule has 2 unspecified atom stereocenters. The van der Waals surface area contributed by atoms with Crippen molar-refractivity contribution < 1.29 is 18.6 Å². The van der Waals surface area contributed by atoms with Crippen molar-refractivity contribution in [2.45, 2.75) is 50.7 Å². The maximum atomic E-state index is 13.4. The lowest BCUT2D eigenvalue weighted by atomic mass is 9.84. The Morgan fingerprint density at radius 2 is 1.82 bits per heavy atom. The van der Waals surface area contributed by atoms with Gasteiger partial charge in [0.05, 0.1) is 22.5 Å². The number of nitrogens with zero attached hydrogens (tertiary/aromatic N) is 6. The number of carbonyl (C=O) groups excluding carboxylic acids is 1. The second kappa shape index (κ2) is 12.9. The van der Waals surface area contributed by atoms with E-state index in [2.05, 4.69) is 39.5 Å². The molecule has 0 saturated carbocycles. The molecule has 10 nitrogen and oxygen atoms in total. The number of ether oxygens (including phenoxy) is 1. The Morgan fingerprint density at radius 1 is 1.07 bits per heavy atom. The number of rotatable bonds is 9. The minimum absolute atomic E-state index is 0.157. The highest BCUT2D eigenvalue weighted by Gasteiger charge is 2.32. The van der Waals surface area contributed by atoms with E-state index >= 15 is 0 Å². The van der Waals surface area contributed by atoms with E-state index in [1.807, 2.05) is 78.1 Å². The van der Waals surface area contributed by atoms with Crippen LogP contribution in [-0.4, -0.2) is 86.2 Å². The van der Waals surface area contributed by atoms with Crippen LogP contribution in [0.15, 0.2) is 59.5 Å². The number of anilines is 1. The summed E-state index contributed by atoms with van der Waals surface area (Å²) >= 11 is 0. The predicted molar refractivity (Wildman–Crippen MR) is 176 cm³/mol. The van der Waals surface area contributed by atoms with E-state index in [1.54, 1.807) is 15.1 Å². The molecule has 236 valence electrons. The molecule has 0 amide bonds. The molecule has 3 aromatic carbocycles. The molecule has 0 bridgehead atoms. The van der Waals surface area contributed by atoms with Gasteiger partial charge in [-0.05, 0) is 80.9 Å². The summed E-state index contributed by atoms with van der Waals surface area (Å²) < 4.78 is 32.5. The summed E-state index contributed by atoms with van der Waals surface area (Å²) in [5.41, 5.74) is 7.48. The molecule has 0 saturated heterocycles. The molecular weight excluding hydrogens is 576 g/mol. The van der Waals surface area contributed by atoms with Gasteiger partial charge in [-0.1, -0.05) is 41.6 Å². The largest absolute Gasteiger partial charge is 0.461 e. The molecule has 2 atom stereocenters. The number of esters is 1. The number of para-hydroxylation sites is 1. The van der Waals surface area contributed by atoms with Crippen LogP contribution in [0.3, 0.4) is 0 Å². The van der Waals surface area contributed by atoms with E-state index in [4.69, 9.17) is 4.74 Å². The molecule has 0 fully saturated rings. The topological polar surface area (TPSA) is 107 Å². The van der Waals surface area contributed by atoms with Crippen LogP contribution in [0.4, 0.5) is 5.69 Å². The van der Waals surface area contributed by atoms with Crippen LogP contribution >= 0.6 is 10.8 Å². The maximum Gasteiger partial charge on any atom is 0.307 e. The van der Waals surface area contributed by atoms with Gasteiger partial charge in [-0.15, -0.1) is 15.9 Å². The molecular formula is C33H44N6O4S. The zero-order valence-corrected chi connectivity index (χ0v) is 27.5. The van der Waals surface area contributed by atoms with Crippen LogP contribution < -0.4 is 4.90 Å². The molecule has 0 spiro atoms. The third kappa shape index (κ3) is 6.47. The molecule has 1 aliphatic heterocycles. The number of hydrogen-bond donors (Lipinski definition) is 2. The van der Waals surface area contributed by atoms with Gasteiger partial charge in [-0.3, -0.25) is 13.9 Å².